The summed E-state index contributed by atoms with van der Waals surface area (Å²) in [5.41, 5.74) is 6.42. The molecule has 46 heavy (non-hydrogen) atoms. The van der Waals surface area contributed by atoms with Gasteiger partial charge in [-0.3, -0.25) is 9.97 Å². The SMILES string of the molecule is CCC[CH2][Sn]([CH2]CCC)([CH2]CCC)[c]1ccccn1.Clc1cc(-c2ccccn2)nc2c1CCC2.Clc1cc(Cl)c2c(n1)CCC2. The third kappa shape index (κ3) is 10.4. The molecule has 8 heteroatoms. The molecule has 0 spiro atoms. The zero-order chi connectivity index (χ0) is 32.8. The van der Waals surface area contributed by atoms with Gasteiger partial charge in [-0.2, -0.15) is 0 Å². The van der Waals surface area contributed by atoms with E-state index in [0.29, 0.717) is 5.15 Å². The molecule has 0 saturated carbocycles. The van der Waals surface area contributed by atoms with Crippen LogP contribution in [-0.4, -0.2) is 38.3 Å². The van der Waals surface area contributed by atoms with E-state index < -0.39 is 18.4 Å². The molecule has 0 atom stereocenters. The first-order valence-electron chi connectivity index (χ1n) is 17.3. The van der Waals surface area contributed by atoms with Crippen LogP contribution < -0.4 is 3.71 Å². The van der Waals surface area contributed by atoms with E-state index in [1.165, 1.54) is 63.0 Å². The Labute approximate surface area is 296 Å². The molecule has 0 saturated heterocycles. The van der Waals surface area contributed by atoms with Crippen molar-refractivity contribution in [1.82, 2.24) is 19.9 Å². The standard InChI is InChI=1S/C13H11ClN2.C8H7Cl2N.C5H4N.3C4H9.Sn/c14-10-8-13(12-5-1-2-7-15-12)16-11-6-3-4-9(10)11;9-6-4-8(10)11-7-3-1-2-5(6)7;1-2-4-6-5-3-1;3*1-3-4-2;/h1-2,5,7-8H,3-4,6H2;4H,1-3H2;1-4H;3*1,3-4H2,2H3;. The Morgan fingerprint density at radius 2 is 1.15 bits per heavy atom. The molecule has 0 unspecified atom stereocenters. The van der Waals surface area contributed by atoms with E-state index in [-0.39, 0.29) is 0 Å². The minimum Gasteiger partial charge on any atom is -0.255 e. The van der Waals surface area contributed by atoms with E-state index in [9.17, 15) is 0 Å². The molecule has 4 aromatic heterocycles. The average Bonchev–Trinajstić information content (AvgIpc) is 3.77. The molecule has 4 nitrogen and oxygen atoms in total. The van der Waals surface area contributed by atoms with E-state index in [4.69, 9.17) is 39.8 Å². The number of nitrogens with zero attached hydrogens (tertiary/aromatic N) is 4. The van der Waals surface area contributed by atoms with Crippen LogP contribution in [0.5, 0.6) is 0 Å². The van der Waals surface area contributed by atoms with Gasteiger partial charge in [-0.15, -0.1) is 0 Å². The maximum atomic E-state index is 6.26. The Balaban J connectivity index is 0.000000161. The van der Waals surface area contributed by atoms with E-state index in [0.717, 1.165) is 71.3 Å². The van der Waals surface area contributed by atoms with Crippen molar-refractivity contribution in [3.63, 3.8) is 0 Å². The molecule has 0 aromatic carbocycles. The smallest absolute Gasteiger partial charge is 0.130 e. The summed E-state index contributed by atoms with van der Waals surface area (Å²) < 4.78 is 6.10. The first-order valence-corrected chi connectivity index (χ1v) is 25.9. The maximum Gasteiger partial charge on any atom is 0.130 e. The first-order chi connectivity index (χ1) is 22.4. The summed E-state index contributed by atoms with van der Waals surface area (Å²) in [7, 11) is 0. The zero-order valence-corrected chi connectivity index (χ0v) is 32.9. The molecule has 0 bridgehead atoms. The summed E-state index contributed by atoms with van der Waals surface area (Å²) in [6, 6.07) is 16.1. The van der Waals surface area contributed by atoms with Crippen LogP contribution in [0, 0.1) is 0 Å². The molecule has 0 amide bonds. The quantitative estimate of drug-likeness (QED) is 0.112. The molecule has 0 N–H and O–H groups in total. The van der Waals surface area contributed by atoms with Crippen molar-refractivity contribution in [1.29, 1.82) is 0 Å². The molecular formula is C38H49Cl3N4Sn. The second kappa shape index (κ2) is 19.3. The molecule has 0 radical (unpaired) electrons. The second-order valence-electron chi connectivity index (χ2n) is 12.5. The van der Waals surface area contributed by atoms with Crippen LogP contribution in [0.3, 0.4) is 0 Å². The molecule has 2 aliphatic carbocycles. The summed E-state index contributed by atoms with van der Waals surface area (Å²) >= 11 is 15.7. The number of fused-ring (bicyclic) bond motifs is 2. The van der Waals surface area contributed by atoms with Crippen LogP contribution in [0.4, 0.5) is 0 Å². The van der Waals surface area contributed by atoms with E-state index in [1.807, 2.05) is 30.5 Å². The molecule has 0 fully saturated rings. The zero-order valence-electron chi connectivity index (χ0n) is 27.8. The Bertz CT molecular complexity index is 1480. The monoisotopic (exact) mass is 786 g/mol. The first kappa shape index (κ1) is 37.1. The summed E-state index contributed by atoms with van der Waals surface area (Å²) in [4.78, 5) is 17.9. The van der Waals surface area contributed by atoms with Gasteiger partial charge in [0.05, 0.1) is 11.4 Å². The fourth-order valence-electron chi connectivity index (χ4n) is 6.58. The van der Waals surface area contributed by atoms with Crippen molar-refractivity contribution < 1.29 is 0 Å². The summed E-state index contributed by atoms with van der Waals surface area (Å²) in [6.07, 6.45) is 18.5. The molecular weight excluding hydrogens is 738 g/mol. The Morgan fingerprint density at radius 1 is 0.609 bits per heavy atom. The van der Waals surface area contributed by atoms with Gasteiger partial charge in [-0.1, -0.05) is 40.9 Å². The molecule has 6 rings (SSSR count). The number of pyridine rings is 4. The number of aryl methyl sites for hydroxylation is 2. The molecule has 0 aliphatic heterocycles. The summed E-state index contributed by atoms with van der Waals surface area (Å²) in [6.45, 7) is 6.98. The van der Waals surface area contributed by atoms with E-state index >= 15 is 0 Å². The van der Waals surface area contributed by atoms with Gasteiger partial charge in [0.15, 0.2) is 0 Å². The number of halogens is 3. The van der Waals surface area contributed by atoms with Gasteiger partial charge in [0.25, 0.3) is 0 Å². The van der Waals surface area contributed by atoms with Crippen LogP contribution in [0.2, 0.25) is 28.5 Å². The predicted octanol–water partition coefficient (Wildman–Crippen LogP) is 11.3. The Kier molecular flexibility index (Phi) is 15.6. The molecule has 2 aliphatic rings. The van der Waals surface area contributed by atoms with Crippen molar-refractivity contribution in [3.05, 3.63) is 98.6 Å². The number of aromatic nitrogens is 4. The van der Waals surface area contributed by atoms with Gasteiger partial charge in [0, 0.05) is 27.6 Å². The summed E-state index contributed by atoms with van der Waals surface area (Å²) in [5, 5.41) is 2.12. The fraction of sp³-hybridized carbons (Fsp3) is 0.474. The van der Waals surface area contributed by atoms with Gasteiger partial charge in [-0.05, 0) is 73.9 Å². The summed E-state index contributed by atoms with van der Waals surface area (Å²) in [5.74, 6) is 0. The Morgan fingerprint density at radius 3 is 1.67 bits per heavy atom. The van der Waals surface area contributed by atoms with Crippen LogP contribution in [0.1, 0.15) is 94.7 Å². The van der Waals surface area contributed by atoms with Gasteiger partial charge in [-0.25, -0.2) is 4.98 Å². The van der Waals surface area contributed by atoms with E-state index in [2.05, 4.69) is 53.9 Å². The number of hydrogen-bond acceptors (Lipinski definition) is 4. The maximum absolute atomic E-state index is 6.26. The van der Waals surface area contributed by atoms with Crippen molar-refractivity contribution in [2.24, 2.45) is 0 Å². The second-order valence-corrected chi connectivity index (χ2v) is 26.7. The average molecular weight is 787 g/mol. The number of unbranched alkanes of at least 4 members (excludes halogenated alkanes) is 3. The van der Waals surface area contributed by atoms with E-state index in [1.54, 1.807) is 16.0 Å². The fourth-order valence-corrected chi connectivity index (χ4v) is 22.9. The van der Waals surface area contributed by atoms with Gasteiger partial charge in [0.1, 0.15) is 5.15 Å². The van der Waals surface area contributed by atoms with Crippen molar-refractivity contribution in [2.75, 3.05) is 0 Å². The van der Waals surface area contributed by atoms with Crippen molar-refractivity contribution in [2.45, 2.75) is 111 Å². The van der Waals surface area contributed by atoms with Crippen LogP contribution in [-0.2, 0) is 25.7 Å². The third-order valence-electron chi connectivity index (χ3n) is 9.12. The predicted molar refractivity (Wildman–Crippen MR) is 200 cm³/mol. The van der Waals surface area contributed by atoms with Gasteiger partial charge in [0.2, 0.25) is 0 Å². The topological polar surface area (TPSA) is 51.6 Å². The van der Waals surface area contributed by atoms with Crippen molar-refractivity contribution in [3.8, 4) is 11.4 Å². The Hall–Kier alpha value is -1.73. The largest absolute Gasteiger partial charge is 0.255 e. The minimum atomic E-state index is -2.21. The number of rotatable bonds is 11. The molecule has 4 heterocycles. The van der Waals surface area contributed by atoms with Crippen LogP contribution in [0.25, 0.3) is 11.4 Å². The minimum absolute atomic E-state index is 0.510. The van der Waals surface area contributed by atoms with Gasteiger partial charge < -0.3 is 0 Å². The molecule has 4 aromatic rings. The number of hydrogen-bond donors (Lipinski definition) is 0. The van der Waals surface area contributed by atoms with Crippen LogP contribution >= 0.6 is 34.8 Å². The van der Waals surface area contributed by atoms with Crippen molar-refractivity contribution >= 4 is 56.9 Å². The third-order valence-corrected chi connectivity index (χ3v) is 25.2. The normalized spacial score (nSPS) is 13.3. The van der Waals surface area contributed by atoms with Gasteiger partial charge >= 0.3 is 124 Å². The molecule has 246 valence electrons. The van der Waals surface area contributed by atoms with Crippen LogP contribution in [0.15, 0.2) is 60.9 Å².